The summed E-state index contributed by atoms with van der Waals surface area (Å²) in [5.41, 5.74) is 4.58. The zero-order valence-electron chi connectivity index (χ0n) is 24.8. The molecule has 3 aromatic rings. The average Bonchev–Trinajstić information content (AvgIpc) is 3.04. The van der Waals surface area contributed by atoms with Gasteiger partial charge in [-0.2, -0.15) is 0 Å². The van der Waals surface area contributed by atoms with E-state index in [0.29, 0.717) is 5.78 Å². The summed E-state index contributed by atoms with van der Waals surface area (Å²) in [6, 6.07) is 25.5. The number of hydrogen-bond donors (Lipinski definition) is 0. The summed E-state index contributed by atoms with van der Waals surface area (Å²) in [4.78, 5) is 18.2. The quantitative estimate of drug-likeness (QED) is 0.277. The molecule has 41 heavy (non-hydrogen) atoms. The van der Waals surface area contributed by atoms with Gasteiger partial charge in [0.25, 0.3) is 0 Å². The molecule has 6 heteroatoms. The third kappa shape index (κ3) is 6.83. The Morgan fingerprint density at radius 2 is 1.37 bits per heavy atom. The van der Waals surface area contributed by atoms with Crippen LogP contribution in [0.4, 0.5) is 0 Å². The molecular weight excluding hydrogens is 512 g/mol. The van der Waals surface area contributed by atoms with E-state index < -0.39 is 0 Å². The van der Waals surface area contributed by atoms with Gasteiger partial charge in [-0.05, 0) is 86.3 Å². The van der Waals surface area contributed by atoms with Crippen molar-refractivity contribution < 1.29 is 19.0 Å². The molecular formula is C35H44N2O4. The van der Waals surface area contributed by atoms with Crippen molar-refractivity contribution in [2.24, 2.45) is 5.92 Å². The number of likely N-dealkylation sites (tertiary alicyclic amines) is 2. The van der Waals surface area contributed by atoms with Crippen LogP contribution in [0, 0.1) is 5.92 Å². The van der Waals surface area contributed by atoms with Crippen LogP contribution in [0.2, 0.25) is 0 Å². The smallest absolute Gasteiger partial charge is 0.166 e. The predicted molar refractivity (Wildman–Crippen MR) is 163 cm³/mol. The summed E-state index contributed by atoms with van der Waals surface area (Å²) in [5.74, 6) is 2.16. The second-order valence-corrected chi connectivity index (χ2v) is 11.5. The summed E-state index contributed by atoms with van der Waals surface area (Å²) in [7, 11) is 5.16. The van der Waals surface area contributed by atoms with E-state index in [0.717, 1.165) is 88.6 Å². The van der Waals surface area contributed by atoms with E-state index in [4.69, 9.17) is 14.2 Å². The van der Waals surface area contributed by atoms with Gasteiger partial charge in [0, 0.05) is 43.6 Å². The fraction of sp³-hybridized carbons (Fsp3) is 0.457. The summed E-state index contributed by atoms with van der Waals surface area (Å²) < 4.78 is 16.1. The third-order valence-electron chi connectivity index (χ3n) is 9.07. The minimum absolute atomic E-state index is 0.120. The zero-order chi connectivity index (χ0) is 28.7. The molecule has 2 saturated heterocycles. The number of piperidine rings is 2. The number of Topliss-reactive ketones (excluding diaryl/α,β-unsaturated/α-hetero) is 1. The third-order valence-corrected chi connectivity index (χ3v) is 9.07. The maximum absolute atomic E-state index is 13.2. The van der Waals surface area contributed by atoms with Gasteiger partial charge < -0.3 is 19.1 Å². The van der Waals surface area contributed by atoms with Crippen molar-refractivity contribution in [1.82, 2.24) is 9.80 Å². The molecule has 0 aliphatic carbocycles. The van der Waals surface area contributed by atoms with Crippen molar-refractivity contribution >= 4 is 5.78 Å². The van der Waals surface area contributed by atoms with E-state index in [-0.39, 0.29) is 11.3 Å². The molecule has 0 spiro atoms. The lowest BCUT2D eigenvalue weighted by Crippen LogP contribution is -2.46. The highest BCUT2D eigenvalue weighted by atomic mass is 16.5. The zero-order valence-corrected chi connectivity index (χ0v) is 24.8. The predicted octanol–water partition coefficient (Wildman–Crippen LogP) is 5.83. The molecule has 0 bridgehead atoms. The first-order valence-electron chi connectivity index (χ1n) is 14.9. The maximum Gasteiger partial charge on any atom is 0.166 e. The van der Waals surface area contributed by atoms with Gasteiger partial charge in [-0.1, -0.05) is 48.5 Å². The number of carbonyl (C=O) groups is 1. The van der Waals surface area contributed by atoms with Crippen molar-refractivity contribution in [2.75, 3.05) is 60.7 Å². The van der Waals surface area contributed by atoms with Crippen molar-refractivity contribution in [2.45, 2.75) is 37.6 Å². The van der Waals surface area contributed by atoms with Gasteiger partial charge in [0.15, 0.2) is 5.78 Å². The molecule has 3 aromatic carbocycles. The van der Waals surface area contributed by atoms with E-state index in [1.807, 2.05) is 12.1 Å². The van der Waals surface area contributed by atoms with Crippen LogP contribution in [0.5, 0.6) is 11.5 Å². The fourth-order valence-electron chi connectivity index (χ4n) is 6.64. The average molecular weight is 557 g/mol. The first-order chi connectivity index (χ1) is 20.0. The SMILES string of the molecule is COCCN1CCC(C(=O)c2ccc(CN3CCCC(c4ccc(OC)cc4)(c4ccc(OC)cc4)C3)cc2)CC1. The minimum Gasteiger partial charge on any atom is -0.497 e. The van der Waals surface area contributed by atoms with Gasteiger partial charge in [-0.3, -0.25) is 9.69 Å². The lowest BCUT2D eigenvalue weighted by Gasteiger charge is -2.44. The Bertz CT molecular complexity index is 1200. The topological polar surface area (TPSA) is 51.2 Å². The van der Waals surface area contributed by atoms with E-state index in [1.54, 1.807) is 21.3 Å². The maximum atomic E-state index is 13.2. The lowest BCUT2D eigenvalue weighted by atomic mass is 9.69. The number of carbonyl (C=O) groups excluding carboxylic acids is 1. The molecule has 0 amide bonds. The second kappa shape index (κ2) is 13.6. The summed E-state index contributed by atoms with van der Waals surface area (Å²) in [6.07, 6.45) is 4.05. The number of benzene rings is 3. The first kappa shape index (κ1) is 29.3. The van der Waals surface area contributed by atoms with Crippen LogP contribution in [-0.2, 0) is 16.7 Å². The van der Waals surface area contributed by atoms with E-state index >= 15 is 0 Å². The minimum atomic E-state index is -0.120. The van der Waals surface area contributed by atoms with Crippen LogP contribution in [0.25, 0.3) is 0 Å². The van der Waals surface area contributed by atoms with Crippen molar-refractivity contribution in [3.63, 3.8) is 0 Å². The standard InChI is InChI=1S/C35H44N2O4/c1-39-24-23-36-21-17-29(18-22-36)34(38)28-7-5-27(6-8-28)25-37-20-4-19-35(26-37,30-9-13-32(40-2)14-10-30)31-11-15-33(41-3)16-12-31/h5-16,29H,4,17-26H2,1-3H3. The Morgan fingerprint density at radius 1 is 0.780 bits per heavy atom. The molecule has 2 aliphatic rings. The van der Waals surface area contributed by atoms with Gasteiger partial charge in [0.1, 0.15) is 11.5 Å². The van der Waals surface area contributed by atoms with Crippen LogP contribution in [0.15, 0.2) is 72.8 Å². The molecule has 6 nitrogen and oxygen atoms in total. The highest BCUT2D eigenvalue weighted by molar-refractivity contribution is 5.97. The van der Waals surface area contributed by atoms with Crippen LogP contribution in [0.3, 0.4) is 0 Å². The molecule has 5 rings (SSSR count). The number of ether oxygens (including phenoxy) is 3. The number of rotatable bonds is 11. The second-order valence-electron chi connectivity index (χ2n) is 11.5. The molecule has 2 heterocycles. The molecule has 0 saturated carbocycles. The van der Waals surface area contributed by atoms with Crippen LogP contribution >= 0.6 is 0 Å². The number of methoxy groups -OCH3 is 3. The first-order valence-corrected chi connectivity index (χ1v) is 14.9. The lowest BCUT2D eigenvalue weighted by molar-refractivity contribution is 0.0803. The Morgan fingerprint density at radius 3 is 1.90 bits per heavy atom. The molecule has 0 N–H and O–H groups in total. The van der Waals surface area contributed by atoms with Crippen LogP contribution in [0.1, 0.15) is 52.7 Å². The Hall–Kier alpha value is -3.19. The number of hydrogen-bond acceptors (Lipinski definition) is 6. The number of ketones is 1. The largest absolute Gasteiger partial charge is 0.497 e. The molecule has 2 fully saturated rings. The van der Waals surface area contributed by atoms with Crippen molar-refractivity contribution in [1.29, 1.82) is 0 Å². The normalized spacial score (nSPS) is 18.2. The van der Waals surface area contributed by atoms with Crippen molar-refractivity contribution in [3.8, 4) is 11.5 Å². The van der Waals surface area contributed by atoms with Crippen LogP contribution < -0.4 is 9.47 Å². The molecule has 0 atom stereocenters. The molecule has 0 unspecified atom stereocenters. The van der Waals surface area contributed by atoms with Gasteiger partial charge in [-0.25, -0.2) is 0 Å². The molecule has 2 aliphatic heterocycles. The van der Waals surface area contributed by atoms with Crippen molar-refractivity contribution in [3.05, 3.63) is 95.1 Å². The van der Waals surface area contributed by atoms with Gasteiger partial charge in [0.05, 0.1) is 20.8 Å². The molecule has 218 valence electrons. The molecule has 0 aromatic heterocycles. The van der Waals surface area contributed by atoms with Crippen LogP contribution in [-0.4, -0.2) is 76.2 Å². The summed E-state index contributed by atoms with van der Waals surface area (Å²) >= 11 is 0. The highest BCUT2D eigenvalue weighted by Gasteiger charge is 2.39. The summed E-state index contributed by atoms with van der Waals surface area (Å²) in [6.45, 7) is 6.47. The summed E-state index contributed by atoms with van der Waals surface area (Å²) in [5, 5.41) is 0. The Labute approximate surface area is 245 Å². The Kier molecular flexibility index (Phi) is 9.76. The van der Waals surface area contributed by atoms with Gasteiger partial charge >= 0.3 is 0 Å². The van der Waals surface area contributed by atoms with E-state index in [9.17, 15) is 4.79 Å². The van der Waals surface area contributed by atoms with Gasteiger partial charge in [0.2, 0.25) is 0 Å². The fourth-order valence-corrected chi connectivity index (χ4v) is 6.64. The molecule has 0 radical (unpaired) electrons. The number of nitrogens with zero attached hydrogens (tertiary/aromatic N) is 2. The van der Waals surface area contributed by atoms with E-state index in [2.05, 4.69) is 70.5 Å². The van der Waals surface area contributed by atoms with Gasteiger partial charge in [-0.15, -0.1) is 0 Å². The monoisotopic (exact) mass is 556 g/mol. The Balaban J connectivity index is 1.28. The van der Waals surface area contributed by atoms with E-state index in [1.165, 1.54) is 16.7 Å². The highest BCUT2D eigenvalue weighted by Crippen LogP contribution is 2.42.